The molecule has 0 radical (unpaired) electrons. The summed E-state index contributed by atoms with van der Waals surface area (Å²) in [6, 6.07) is 0. The molecule has 0 aromatic rings. The van der Waals surface area contributed by atoms with E-state index in [1.807, 2.05) is 0 Å². The summed E-state index contributed by atoms with van der Waals surface area (Å²) in [6.07, 6.45) is 3.00. The number of ketones is 1. The van der Waals surface area contributed by atoms with Gasteiger partial charge < -0.3 is 9.84 Å². The van der Waals surface area contributed by atoms with Crippen molar-refractivity contribution in [3.05, 3.63) is 25.0 Å². The zero-order valence-corrected chi connectivity index (χ0v) is 5.36. The van der Waals surface area contributed by atoms with Gasteiger partial charge in [-0.3, -0.25) is 4.79 Å². The topological polar surface area (TPSA) is 46.5 Å². The Morgan fingerprint density at radius 1 is 1.80 bits per heavy atom. The molecule has 0 fully saturated rings. The molecular formula is C7H8O3. The van der Waals surface area contributed by atoms with Crippen molar-refractivity contribution in [2.45, 2.75) is 6.29 Å². The molecule has 1 aliphatic heterocycles. The van der Waals surface area contributed by atoms with Gasteiger partial charge >= 0.3 is 0 Å². The van der Waals surface area contributed by atoms with Crippen LogP contribution in [0, 0.1) is 5.92 Å². The number of allylic oxidation sites excluding steroid dienone is 2. The molecule has 0 saturated heterocycles. The molecule has 3 heteroatoms. The van der Waals surface area contributed by atoms with E-state index in [0.717, 1.165) is 0 Å². The van der Waals surface area contributed by atoms with Gasteiger partial charge in [0.25, 0.3) is 6.29 Å². The van der Waals surface area contributed by atoms with Crippen LogP contribution < -0.4 is 0 Å². The molecule has 1 rings (SSSR count). The van der Waals surface area contributed by atoms with Crippen molar-refractivity contribution < 1.29 is 14.6 Å². The summed E-state index contributed by atoms with van der Waals surface area (Å²) in [5.74, 6) is -0.763. The lowest BCUT2D eigenvalue weighted by Crippen LogP contribution is -2.30. The first-order chi connectivity index (χ1) is 4.75. The first-order valence-corrected chi connectivity index (χ1v) is 2.92. The molecule has 0 aromatic heterocycles. The lowest BCUT2D eigenvalue weighted by atomic mass is 10.0. The molecule has 0 aliphatic carbocycles. The van der Waals surface area contributed by atoms with Crippen molar-refractivity contribution in [2.75, 3.05) is 0 Å². The number of rotatable bonds is 1. The van der Waals surface area contributed by atoms with E-state index < -0.39 is 12.2 Å². The van der Waals surface area contributed by atoms with Crippen molar-refractivity contribution in [3.63, 3.8) is 0 Å². The van der Waals surface area contributed by atoms with Gasteiger partial charge in [0.05, 0.1) is 12.2 Å². The summed E-state index contributed by atoms with van der Waals surface area (Å²) >= 11 is 0. The fourth-order valence-corrected chi connectivity index (χ4v) is 0.726. The number of ether oxygens (including phenoxy) is 1. The van der Waals surface area contributed by atoms with Crippen LogP contribution in [-0.4, -0.2) is 17.2 Å². The number of hydrogen-bond donors (Lipinski definition) is 1. The van der Waals surface area contributed by atoms with Crippen molar-refractivity contribution in [1.29, 1.82) is 0 Å². The molecule has 0 aromatic carbocycles. The minimum Gasteiger partial charge on any atom is -0.465 e. The van der Waals surface area contributed by atoms with Gasteiger partial charge in [0.2, 0.25) is 5.78 Å². The monoisotopic (exact) mass is 140 g/mol. The number of Topliss-reactive ketones (excluding diaryl/α,β-unsaturated/α-hetero) is 1. The lowest BCUT2D eigenvalue weighted by Gasteiger charge is -2.16. The van der Waals surface area contributed by atoms with E-state index >= 15 is 0 Å². The number of hydrogen-bond acceptors (Lipinski definition) is 3. The maximum Gasteiger partial charge on any atom is 0.257 e. The second-order valence-electron chi connectivity index (χ2n) is 1.98. The average molecular weight is 140 g/mol. The molecule has 0 saturated carbocycles. The minimum absolute atomic E-state index is 0.363. The summed E-state index contributed by atoms with van der Waals surface area (Å²) in [5, 5.41) is 8.81. The van der Waals surface area contributed by atoms with Gasteiger partial charge in [-0.2, -0.15) is 0 Å². The van der Waals surface area contributed by atoms with Crippen molar-refractivity contribution in [1.82, 2.24) is 0 Å². The van der Waals surface area contributed by atoms with Crippen LogP contribution >= 0.6 is 0 Å². The molecule has 1 heterocycles. The van der Waals surface area contributed by atoms with E-state index in [9.17, 15) is 4.79 Å². The molecule has 0 spiro atoms. The second-order valence-corrected chi connectivity index (χ2v) is 1.98. The fourth-order valence-electron chi connectivity index (χ4n) is 0.726. The Kier molecular flexibility index (Phi) is 1.87. The second kappa shape index (κ2) is 2.66. The van der Waals surface area contributed by atoms with Gasteiger partial charge in [0.15, 0.2) is 0 Å². The molecule has 1 N–H and O–H groups in total. The SMILES string of the molecule is C=CC1C=COC(O)C1=O. The molecule has 0 amide bonds. The molecule has 2 unspecified atom stereocenters. The fraction of sp³-hybridized carbons (Fsp3) is 0.286. The summed E-state index contributed by atoms with van der Waals surface area (Å²) in [5.41, 5.74) is 0. The van der Waals surface area contributed by atoms with E-state index in [0.29, 0.717) is 0 Å². The Balaban J connectivity index is 2.75. The van der Waals surface area contributed by atoms with Gasteiger partial charge in [-0.15, -0.1) is 6.58 Å². The molecule has 0 bridgehead atoms. The maximum absolute atomic E-state index is 10.9. The smallest absolute Gasteiger partial charge is 0.257 e. The predicted octanol–water partition coefficient (Wildman–Crippen LogP) is 0.220. The lowest BCUT2D eigenvalue weighted by molar-refractivity contribution is -0.150. The first-order valence-electron chi connectivity index (χ1n) is 2.92. The minimum atomic E-state index is -1.31. The van der Waals surface area contributed by atoms with Crippen LogP contribution in [0.25, 0.3) is 0 Å². The summed E-state index contributed by atoms with van der Waals surface area (Å²) in [7, 11) is 0. The summed E-state index contributed by atoms with van der Waals surface area (Å²) in [4.78, 5) is 10.9. The average Bonchev–Trinajstić information content (AvgIpc) is 1.95. The van der Waals surface area contributed by atoms with Crippen molar-refractivity contribution in [3.8, 4) is 0 Å². The van der Waals surface area contributed by atoms with E-state index in [1.165, 1.54) is 12.3 Å². The Bertz CT molecular complexity index is 183. The van der Waals surface area contributed by atoms with E-state index in [1.54, 1.807) is 6.08 Å². The maximum atomic E-state index is 10.9. The zero-order valence-electron chi connectivity index (χ0n) is 5.36. The molecule has 54 valence electrons. The van der Waals surface area contributed by atoms with E-state index in [4.69, 9.17) is 5.11 Å². The molecule has 1 aliphatic rings. The highest BCUT2D eigenvalue weighted by Crippen LogP contribution is 2.11. The molecule has 3 nitrogen and oxygen atoms in total. The summed E-state index contributed by atoms with van der Waals surface area (Å²) < 4.78 is 4.50. The third kappa shape index (κ3) is 1.09. The predicted molar refractivity (Wildman–Crippen MR) is 34.9 cm³/mol. The van der Waals surface area contributed by atoms with Crippen molar-refractivity contribution >= 4 is 5.78 Å². The number of carbonyl (C=O) groups is 1. The summed E-state index contributed by atoms with van der Waals surface area (Å²) in [6.45, 7) is 3.43. The Labute approximate surface area is 58.6 Å². The van der Waals surface area contributed by atoms with Gasteiger partial charge in [0.1, 0.15) is 0 Å². The van der Waals surface area contributed by atoms with Crippen LogP contribution in [0.5, 0.6) is 0 Å². The van der Waals surface area contributed by atoms with Gasteiger partial charge in [0, 0.05) is 0 Å². The molecule has 2 atom stereocenters. The third-order valence-electron chi connectivity index (χ3n) is 1.32. The van der Waals surface area contributed by atoms with Crippen LogP contribution in [0.4, 0.5) is 0 Å². The highest BCUT2D eigenvalue weighted by Gasteiger charge is 2.24. The zero-order chi connectivity index (χ0) is 7.56. The third-order valence-corrected chi connectivity index (χ3v) is 1.32. The first kappa shape index (κ1) is 7.02. The van der Waals surface area contributed by atoms with Gasteiger partial charge in [-0.1, -0.05) is 6.08 Å². The van der Waals surface area contributed by atoms with Crippen LogP contribution in [-0.2, 0) is 9.53 Å². The van der Waals surface area contributed by atoms with Crippen LogP contribution in [0.3, 0.4) is 0 Å². The van der Waals surface area contributed by atoms with Gasteiger partial charge in [-0.05, 0) is 6.08 Å². The number of aliphatic hydroxyl groups is 1. The normalized spacial score (nSPS) is 31.5. The molecular weight excluding hydrogens is 132 g/mol. The van der Waals surface area contributed by atoms with Crippen molar-refractivity contribution in [2.24, 2.45) is 5.92 Å². The Hall–Kier alpha value is -1.09. The Morgan fingerprint density at radius 3 is 3.00 bits per heavy atom. The van der Waals surface area contributed by atoms with Crippen LogP contribution in [0.1, 0.15) is 0 Å². The largest absolute Gasteiger partial charge is 0.465 e. The molecule has 10 heavy (non-hydrogen) atoms. The quantitative estimate of drug-likeness (QED) is 0.530. The van der Waals surface area contributed by atoms with Gasteiger partial charge in [-0.25, -0.2) is 0 Å². The highest BCUT2D eigenvalue weighted by molar-refractivity contribution is 5.87. The number of aliphatic hydroxyl groups excluding tert-OH is 1. The van der Waals surface area contributed by atoms with Crippen LogP contribution in [0.15, 0.2) is 25.0 Å². The number of carbonyl (C=O) groups excluding carboxylic acids is 1. The standard InChI is InChI=1S/C7H8O3/c1-2-5-3-4-10-7(9)6(5)8/h2-5,7,9H,1H2. The highest BCUT2D eigenvalue weighted by atomic mass is 16.6. The van der Waals surface area contributed by atoms with E-state index in [2.05, 4.69) is 11.3 Å². The Morgan fingerprint density at radius 2 is 2.50 bits per heavy atom. The van der Waals surface area contributed by atoms with E-state index in [-0.39, 0.29) is 5.78 Å². The van der Waals surface area contributed by atoms with Crippen LogP contribution in [0.2, 0.25) is 0 Å².